The number of benzene rings is 1. The Morgan fingerprint density at radius 1 is 1.38 bits per heavy atom. The van der Waals surface area contributed by atoms with Gasteiger partial charge in [0.2, 0.25) is 0 Å². The van der Waals surface area contributed by atoms with Crippen molar-refractivity contribution in [3.05, 3.63) is 35.9 Å². The van der Waals surface area contributed by atoms with Crippen LogP contribution < -0.4 is 5.32 Å². The Kier molecular flexibility index (Phi) is 3.02. The van der Waals surface area contributed by atoms with Crippen LogP contribution in [0, 0.1) is 11.3 Å². The first-order chi connectivity index (χ1) is 7.85. The molecule has 0 aliphatic carbocycles. The van der Waals surface area contributed by atoms with E-state index in [4.69, 9.17) is 5.26 Å². The minimum Gasteiger partial charge on any atom is -0.369 e. The topological polar surface area (TPSA) is 48.7 Å². The van der Waals surface area contributed by atoms with Crippen molar-refractivity contribution in [2.24, 2.45) is 0 Å². The summed E-state index contributed by atoms with van der Waals surface area (Å²) < 4.78 is 0. The third-order valence-corrected chi connectivity index (χ3v) is 2.39. The molecule has 1 N–H and O–H groups in total. The minimum absolute atomic E-state index is 0.604. The van der Waals surface area contributed by atoms with Crippen LogP contribution in [-0.4, -0.2) is 11.5 Å². The number of hydrogen-bond donors (Lipinski definition) is 1. The molecular weight excluding hydrogens is 198 g/mol. The van der Waals surface area contributed by atoms with E-state index in [1.54, 1.807) is 0 Å². The molecule has 1 heterocycles. The van der Waals surface area contributed by atoms with Gasteiger partial charge in [-0.15, -0.1) is 0 Å². The number of rotatable bonds is 3. The van der Waals surface area contributed by atoms with Crippen LogP contribution in [0.15, 0.2) is 30.3 Å². The van der Waals surface area contributed by atoms with Gasteiger partial charge < -0.3 is 5.32 Å². The average Bonchev–Trinajstić information content (AvgIpc) is 2.35. The zero-order chi connectivity index (χ0) is 11.4. The second-order valence-corrected chi connectivity index (χ2v) is 3.62. The molecule has 0 saturated heterocycles. The van der Waals surface area contributed by atoms with Crippen molar-refractivity contribution in [1.82, 2.24) is 4.98 Å². The Balaban J connectivity index is 2.50. The van der Waals surface area contributed by atoms with Crippen molar-refractivity contribution in [1.29, 1.82) is 5.26 Å². The first-order valence-electron chi connectivity index (χ1n) is 5.39. The number of nitrogens with one attached hydrogen (secondary N) is 1. The number of pyridine rings is 1. The lowest BCUT2D eigenvalue weighted by molar-refractivity contribution is 0.970. The summed E-state index contributed by atoms with van der Waals surface area (Å²) in [6, 6.07) is 11.9. The Morgan fingerprint density at radius 2 is 2.19 bits per heavy atom. The molecule has 2 rings (SSSR count). The maximum Gasteiger partial charge on any atom is 0.144 e. The molecule has 3 heteroatoms. The van der Waals surface area contributed by atoms with Crippen molar-refractivity contribution in [2.45, 2.75) is 13.3 Å². The van der Waals surface area contributed by atoms with Crippen LogP contribution in [-0.2, 0) is 0 Å². The lowest BCUT2D eigenvalue weighted by atomic mass is 10.1. The summed E-state index contributed by atoms with van der Waals surface area (Å²) in [6.45, 7) is 2.92. The lowest BCUT2D eigenvalue weighted by Crippen LogP contribution is -2.04. The monoisotopic (exact) mass is 211 g/mol. The minimum atomic E-state index is 0.604. The maximum atomic E-state index is 9.05. The van der Waals surface area contributed by atoms with Crippen LogP contribution in [0.5, 0.6) is 0 Å². The number of para-hydroxylation sites is 1. The van der Waals surface area contributed by atoms with E-state index in [0.717, 1.165) is 23.9 Å². The summed E-state index contributed by atoms with van der Waals surface area (Å²) in [6.07, 6.45) is 1.01. The fourth-order valence-electron chi connectivity index (χ4n) is 1.58. The Morgan fingerprint density at radius 3 is 2.94 bits per heavy atom. The zero-order valence-electron chi connectivity index (χ0n) is 9.20. The van der Waals surface area contributed by atoms with E-state index in [9.17, 15) is 0 Å². The van der Waals surface area contributed by atoms with E-state index in [2.05, 4.69) is 23.3 Å². The molecule has 0 atom stereocenters. The summed E-state index contributed by atoms with van der Waals surface area (Å²) >= 11 is 0. The second kappa shape index (κ2) is 4.63. The molecule has 1 aromatic carbocycles. The van der Waals surface area contributed by atoms with Gasteiger partial charge in [0.15, 0.2) is 0 Å². The molecule has 0 amide bonds. The molecule has 1 aromatic heterocycles. The highest BCUT2D eigenvalue weighted by atomic mass is 15.0. The number of hydrogen-bond acceptors (Lipinski definition) is 3. The molecular formula is C13H13N3. The third kappa shape index (κ3) is 1.96. The van der Waals surface area contributed by atoms with Gasteiger partial charge in [0.25, 0.3) is 0 Å². The summed E-state index contributed by atoms with van der Waals surface area (Å²) in [4.78, 5) is 4.45. The fraction of sp³-hybridized carbons (Fsp3) is 0.231. The van der Waals surface area contributed by atoms with Gasteiger partial charge in [-0.1, -0.05) is 25.1 Å². The Labute approximate surface area is 94.7 Å². The van der Waals surface area contributed by atoms with Crippen LogP contribution >= 0.6 is 0 Å². The summed E-state index contributed by atoms with van der Waals surface area (Å²) in [5.74, 6) is 0.683. The van der Waals surface area contributed by atoms with Gasteiger partial charge in [0.1, 0.15) is 11.9 Å². The van der Waals surface area contributed by atoms with Crippen molar-refractivity contribution in [3.8, 4) is 6.07 Å². The molecule has 0 aliphatic heterocycles. The van der Waals surface area contributed by atoms with Gasteiger partial charge in [0.05, 0.1) is 11.1 Å². The van der Waals surface area contributed by atoms with Crippen LogP contribution in [0.4, 0.5) is 5.82 Å². The van der Waals surface area contributed by atoms with Crippen molar-refractivity contribution in [3.63, 3.8) is 0 Å². The molecule has 0 saturated carbocycles. The molecule has 0 bridgehead atoms. The quantitative estimate of drug-likeness (QED) is 0.849. The number of fused-ring (bicyclic) bond motifs is 1. The smallest absolute Gasteiger partial charge is 0.144 e. The highest BCUT2D eigenvalue weighted by Gasteiger charge is 2.04. The molecule has 0 fully saturated rings. The Bertz CT molecular complexity index is 540. The normalized spacial score (nSPS) is 10.0. The number of nitriles is 1. The van der Waals surface area contributed by atoms with Gasteiger partial charge in [-0.3, -0.25) is 0 Å². The fourth-order valence-corrected chi connectivity index (χ4v) is 1.58. The maximum absolute atomic E-state index is 9.05. The first-order valence-corrected chi connectivity index (χ1v) is 5.39. The zero-order valence-corrected chi connectivity index (χ0v) is 9.20. The second-order valence-electron chi connectivity index (χ2n) is 3.62. The van der Waals surface area contributed by atoms with Crippen LogP contribution in [0.1, 0.15) is 18.9 Å². The lowest BCUT2D eigenvalue weighted by Gasteiger charge is -2.07. The van der Waals surface area contributed by atoms with Gasteiger partial charge in [-0.25, -0.2) is 4.98 Å². The molecule has 16 heavy (non-hydrogen) atoms. The molecule has 80 valence electrons. The standard InChI is InChI=1S/C13H13N3/c1-2-7-15-13-11(9-14)8-10-5-3-4-6-12(10)16-13/h3-6,8H,2,7H2,1H3,(H,15,16). The molecule has 3 nitrogen and oxygen atoms in total. The first kappa shape index (κ1) is 10.4. The van der Waals surface area contributed by atoms with E-state index in [1.165, 1.54) is 0 Å². The van der Waals surface area contributed by atoms with Crippen LogP contribution in [0.2, 0.25) is 0 Å². The predicted octanol–water partition coefficient (Wildman–Crippen LogP) is 2.93. The third-order valence-electron chi connectivity index (χ3n) is 2.39. The predicted molar refractivity (Wildman–Crippen MR) is 65.2 cm³/mol. The highest BCUT2D eigenvalue weighted by molar-refractivity contribution is 5.82. The van der Waals surface area contributed by atoms with Gasteiger partial charge in [-0.05, 0) is 18.6 Å². The summed E-state index contributed by atoms with van der Waals surface area (Å²) in [5, 5.41) is 13.2. The van der Waals surface area contributed by atoms with Crippen molar-refractivity contribution in [2.75, 3.05) is 11.9 Å². The summed E-state index contributed by atoms with van der Waals surface area (Å²) in [5.41, 5.74) is 1.52. The van der Waals surface area contributed by atoms with Crippen molar-refractivity contribution >= 4 is 16.7 Å². The van der Waals surface area contributed by atoms with Gasteiger partial charge in [-0.2, -0.15) is 5.26 Å². The van der Waals surface area contributed by atoms with Gasteiger partial charge >= 0.3 is 0 Å². The highest BCUT2D eigenvalue weighted by Crippen LogP contribution is 2.19. The van der Waals surface area contributed by atoms with Crippen LogP contribution in [0.25, 0.3) is 10.9 Å². The van der Waals surface area contributed by atoms with Crippen LogP contribution in [0.3, 0.4) is 0 Å². The number of nitrogens with zero attached hydrogens (tertiary/aromatic N) is 2. The number of anilines is 1. The van der Waals surface area contributed by atoms with E-state index >= 15 is 0 Å². The van der Waals surface area contributed by atoms with E-state index < -0.39 is 0 Å². The molecule has 0 spiro atoms. The largest absolute Gasteiger partial charge is 0.369 e. The Hall–Kier alpha value is -2.08. The molecule has 0 radical (unpaired) electrons. The van der Waals surface area contributed by atoms with E-state index in [1.807, 2.05) is 30.3 Å². The van der Waals surface area contributed by atoms with E-state index in [0.29, 0.717) is 11.4 Å². The molecule has 0 unspecified atom stereocenters. The van der Waals surface area contributed by atoms with Gasteiger partial charge in [0, 0.05) is 11.9 Å². The molecule has 0 aliphatic rings. The average molecular weight is 211 g/mol. The SMILES string of the molecule is CCCNc1nc2ccccc2cc1C#N. The molecule has 2 aromatic rings. The van der Waals surface area contributed by atoms with Crippen molar-refractivity contribution < 1.29 is 0 Å². The number of aromatic nitrogens is 1. The van der Waals surface area contributed by atoms with E-state index in [-0.39, 0.29) is 0 Å². The summed E-state index contributed by atoms with van der Waals surface area (Å²) in [7, 11) is 0.